The van der Waals surface area contributed by atoms with Crippen molar-refractivity contribution in [2.45, 2.75) is 19.3 Å². The summed E-state index contributed by atoms with van der Waals surface area (Å²) in [5.74, 6) is 2.14. The van der Waals surface area contributed by atoms with Crippen LogP contribution in [0.15, 0.2) is 48.7 Å². The Balaban J connectivity index is 1.42. The number of ether oxygens (including phenoxy) is 3. The van der Waals surface area contributed by atoms with Crippen LogP contribution in [0.5, 0.6) is 17.2 Å². The van der Waals surface area contributed by atoms with Crippen LogP contribution in [0.4, 0.5) is 4.39 Å². The lowest BCUT2D eigenvalue weighted by molar-refractivity contribution is 0.200. The molecule has 5 heteroatoms. The lowest BCUT2D eigenvalue weighted by Gasteiger charge is -2.31. The zero-order valence-corrected chi connectivity index (χ0v) is 16.6. The van der Waals surface area contributed by atoms with Crippen molar-refractivity contribution in [3.63, 3.8) is 0 Å². The minimum Gasteiger partial charge on any atom is -0.493 e. The fourth-order valence-electron chi connectivity index (χ4n) is 3.44. The van der Waals surface area contributed by atoms with E-state index < -0.39 is 0 Å². The fourth-order valence-corrected chi connectivity index (χ4v) is 3.44. The summed E-state index contributed by atoms with van der Waals surface area (Å²) in [5, 5.41) is 0. The van der Waals surface area contributed by atoms with Crippen molar-refractivity contribution in [1.29, 1.82) is 0 Å². The van der Waals surface area contributed by atoms with E-state index in [0.717, 1.165) is 49.4 Å². The zero-order chi connectivity index (χ0) is 19.8. The lowest BCUT2D eigenvalue weighted by Crippen LogP contribution is -2.30. The smallest absolute Gasteiger partial charge is 0.165 e. The van der Waals surface area contributed by atoms with Crippen LogP contribution in [0.1, 0.15) is 24.8 Å². The van der Waals surface area contributed by atoms with Crippen molar-refractivity contribution in [3.05, 3.63) is 60.0 Å². The molecule has 1 aliphatic rings. The topological polar surface area (TPSA) is 30.9 Å². The van der Waals surface area contributed by atoms with Crippen LogP contribution in [0.25, 0.3) is 6.08 Å². The number of rotatable bonds is 8. The van der Waals surface area contributed by atoms with E-state index in [1.54, 1.807) is 32.4 Å². The van der Waals surface area contributed by atoms with E-state index >= 15 is 0 Å². The van der Waals surface area contributed by atoms with Crippen molar-refractivity contribution in [3.8, 4) is 17.2 Å². The number of halogens is 1. The summed E-state index contributed by atoms with van der Waals surface area (Å²) in [6.45, 7) is 2.61. The normalized spacial score (nSPS) is 15.0. The maximum atomic E-state index is 13.6. The Morgan fingerprint density at radius 1 is 1.00 bits per heavy atom. The van der Waals surface area contributed by atoms with Crippen molar-refractivity contribution < 1.29 is 18.6 Å². The number of hydrogen-bond acceptors (Lipinski definition) is 4. The Morgan fingerprint density at radius 3 is 2.46 bits per heavy atom. The van der Waals surface area contributed by atoms with E-state index in [1.165, 1.54) is 6.07 Å². The van der Waals surface area contributed by atoms with Gasteiger partial charge in [-0.3, -0.25) is 0 Å². The van der Waals surface area contributed by atoms with Gasteiger partial charge >= 0.3 is 0 Å². The van der Waals surface area contributed by atoms with Gasteiger partial charge in [-0.1, -0.05) is 18.2 Å². The average molecular weight is 385 g/mol. The first-order valence-corrected chi connectivity index (χ1v) is 9.71. The summed E-state index contributed by atoms with van der Waals surface area (Å²) in [4.78, 5) is 2.34. The number of hydrogen-bond donors (Lipinski definition) is 0. The second-order valence-corrected chi connectivity index (χ2v) is 6.98. The van der Waals surface area contributed by atoms with Crippen LogP contribution in [-0.2, 0) is 0 Å². The SMILES string of the molecule is COc1ccc(C=CN2CCC(CCOc3ccccc3F)CC2)cc1OC. The van der Waals surface area contributed by atoms with Crippen LogP contribution in [0.2, 0.25) is 0 Å². The van der Waals surface area contributed by atoms with Crippen molar-refractivity contribution >= 4 is 6.08 Å². The van der Waals surface area contributed by atoms with E-state index in [4.69, 9.17) is 14.2 Å². The molecule has 0 saturated carbocycles. The van der Waals surface area contributed by atoms with E-state index in [2.05, 4.69) is 17.2 Å². The highest BCUT2D eigenvalue weighted by atomic mass is 19.1. The molecular formula is C23H28FNO3. The molecule has 3 rings (SSSR count). The van der Waals surface area contributed by atoms with Crippen LogP contribution in [0.3, 0.4) is 0 Å². The number of likely N-dealkylation sites (tertiary alicyclic amines) is 1. The summed E-state index contributed by atoms with van der Waals surface area (Å²) < 4.78 is 29.8. The molecule has 0 unspecified atom stereocenters. The number of benzene rings is 2. The third kappa shape index (κ3) is 5.41. The Hall–Kier alpha value is -2.69. The quantitative estimate of drug-likeness (QED) is 0.640. The van der Waals surface area contributed by atoms with Gasteiger partial charge in [-0.25, -0.2) is 4.39 Å². The van der Waals surface area contributed by atoms with Gasteiger partial charge in [-0.05, 0) is 67.3 Å². The van der Waals surface area contributed by atoms with E-state index in [1.807, 2.05) is 18.2 Å². The van der Waals surface area contributed by atoms with Crippen LogP contribution in [0, 0.1) is 11.7 Å². The third-order valence-electron chi connectivity index (χ3n) is 5.15. The van der Waals surface area contributed by atoms with Crippen molar-refractivity contribution in [2.24, 2.45) is 5.92 Å². The minimum absolute atomic E-state index is 0.294. The second kappa shape index (κ2) is 10.0. The molecule has 0 bridgehead atoms. The highest BCUT2D eigenvalue weighted by Gasteiger charge is 2.17. The summed E-state index contributed by atoms with van der Waals surface area (Å²) in [6.07, 6.45) is 7.45. The number of nitrogens with zero attached hydrogens (tertiary/aromatic N) is 1. The average Bonchev–Trinajstić information content (AvgIpc) is 2.74. The Bertz CT molecular complexity index is 785. The number of methoxy groups -OCH3 is 2. The first-order valence-electron chi connectivity index (χ1n) is 9.71. The van der Waals surface area contributed by atoms with Crippen LogP contribution in [-0.4, -0.2) is 38.8 Å². The van der Waals surface area contributed by atoms with E-state index in [0.29, 0.717) is 18.3 Å². The summed E-state index contributed by atoms with van der Waals surface area (Å²) in [6, 6.07) is 12.5. The van der Waals surface area contributed by atoms with Gasteiger partial charge in [0.15, 0.2) is 23.1 Å². The fraction of sp³-hybridized carbons (Fsp3) is 0.391. The predicted octanol–water partition coefficient (Wildman–Crippen LogP) is 4.99. The first-order chi connectivity index (χ1) is 13.7. The molecule has 150 valence electrons. The molecule has 1 saturated heterocycles. The van der Waals surface area contributed by atoms with Crippen LogP contribution < -0.4 is 14.2 Å². The summed E-state index contributed by atoms with van der Waals surface area (Å²) in [5.41, 5.74) is 1.08. The molecular weight excluding hydrogens is 357 g/mol. The molecule has 1 aliphatic heterocycles. The van der Waals surface area contributed by atoms with Gasteiger partial charge < -0.3 is 19.1 Å². The second-order valence-electron chi connectivity index (χ2n) is 6.98. The van der Waals surface area contributed by atoms with E-state index in [9.17, 15) is 4.39 Å². The molecule has 0 atom stereocenters. The highest BCUT2D eigenvalue weighted by Crippen LogP contribution is 2.28. The molecule has 2 aromatic rings. The summed E-state index contributed by atoms with van der Waals surface area (Å²) >= 11 is 0. The largest absolute Gasteiger partial charge is 0.493 e. The monoisotopic (exact) mass is 385 g/mol. The molecule has 0 N–H and O–H groups in total. The number of piperidine rings is 1. The summed E-state index contributed by atoms with van der Waals surface area (Å²) in [7, 11) is 3.28. The van der Waals surface area contributed by atoms with Gasteiger partial charge in [0, 0.05) is 13.1 Å². The Kier molecular flexibility index (Phi) is 7.18. The van der Waals surface area contributed by atoms with E-state index in [-0.39, 0.29) is 5.82 Å². The molecule has 2 aromatic carbocycles. The Labute approximate surface area is 166 Å². The minimum atomic E-state index is -0.294. The molecule has 0 amide bonds. The molecule has 0 aliphatic carbocycles. The van der Waals surface area contributed by atoms with Gasteiger partial charge in [-0.15, -0.1) is 0 Å². The lowest BCUT2D eigenvalue weighted by atomic mass is 9.94. The standard InChI is InChI=1S/C23H28FNO3/c1-26-22-8-7-19(17-23(22)27-2)11-15-25-13-9-18(10-14-25)12-16-28-21-6-4-3-5-20(21)24/h3-8,11,15,17-18H,9-10,12-14,16H2,1-2H3. The number of para-hydroxylation sites is 1. The van der Waals surface area contributed by atoms with Gasteiger partial charge in [0.2, 0.25) is 0 Å². The third-order valence-corrected chi connectivity index (χ3v) is 5.15. The molecule has 4 nitrogen and oxygen atoms in total. The molecule has 1 heterocycles. The molecule has 0 spiro atoms. The Morgan fingerprint density at radius 2 is 1.75 bits per heavy atom. The maximum absolute atomic E-state index is 13.6. The van der Waals surface area contributed by atoms with Crippen molar-refractivity contribution in [2.75, 3.05) is 33.9 Å². The first kappa shape index (κ1) is 20.1. The van der Waals surface area contributed by atoms with Crippen LogP contribution >= 0.6 is 0 Å². The molecule has 28 heavy (non-hydrogen) atoms. The zero-order valence-electron chi connectivity index (χ0n) is 16.6. The maximum Gasteiger partial charge on any atom is 0.165 e. The van der Waals surface area contributed by atoms with Crippen molar-refractivity contribution in [1.82, 2.24) is 4.90 Å². The van der Waals surface area contributed by atoms with Gasteiger partial charge in [-0.2, -0.15) is 0 Å². The van der Waals surface area contributed by atoms with Gasteiger partial charge in [0.25, 0.3) is 0 Å². The van der Waals surface area contributed by atoms with Gasteiger partial charge in [0.05, 0.1) is 20.8 Å². The molecule has 1 fully saturated rings. The van der Waals surface area contributed by atoms with Gasteiger partial charge in [0.1, 0.15) is 0 Å². The highest BCUT2D eigenvalue weighted by molar-refractivity contribution is 5.55. The predicted molar refractivity (Wildman–Crippen MR) is 109 cm³/mol. The molecule has 0 radical (unpaired) electrons. The molecule has 0 aromatic heterocycles.